The van der Waals surface area contributed by atoms with Gasteiger partial charge in [0, 0.05) is 24.3 Å². The van der Waals surface area contributed by atoms with E-state index in [-0.39, 0.29) is 11.8 Å². The van der Waals surface area contributed by atoms with Gasteiger partial charge in [-0.25, -0.2) is 9.78 Å². The third-order valence-corrected chi connectivity index (χ3v) is 8.90. The molecule has 0 radical (unpaired) electrons. The average Bonchev–Trinajstić information content (AvgIpc) is 3.62. The number of nitrogens with zero attached hydrogens (tertiary/aromatic N) is 2. The lowest BCUT2D eigenvalue weighted by atomic mass is 9.88. The molecule has 49 heavy (non-hydrogen) atoms. The van der Waals surface area contributed by atoms with E-state index in [2.05, 4.69) is 78.5 Å². The Labute approximate surface area is 305 Å². The van der Waals surface area contributed by atoms with Crippen molar-refractivity contribution >= 4 is 54.3 Å². The Bertz CT molecular complexity index is 1290. The fourth-order valence-corrected chi connectivity index (χ4v) is 6.31. The molecule has 3 heterocycles. The molecule has 0 spiro atoms. The standard InChI is InChI=1S/C28H41N5O4S.C8H17N.CH4S/c1-7-9-21(13-23-16-38-18-31-23)24(11-10-19(3)14-29-17-34)26(35)32-22-12-20(8-2)25(30-15-22)33-27(36)37-28(4,5)6;1-7-5-8(2,3)9(4)6-7;1-2/h7,9,12-13,15-17,19,24,31H,8,10-11,14,18H2,1-6H3,(H,29,34)(H,32,35)(H,30,33,36);7H,5-6H2,1-4H3;2H,1H3/b9-7-,21-13+;;/t19?,24-;7-;/m11./s1. The molecule has 0 bridgehead atoms. The van der Waals surface area contributed by atoms with Crippen LogP contribution in [0.5, 0.6) is 0 Å². The third kappa shape index (κ3) is 16.5. The summed E-state index contributed by atoms with van der Waals surface area (Å²) in [6.07, 6.45) is 12.6. The Morgan fingerprint density at radius 3 is 2.43 bits per heavy atom. The van der Waals surface area contributed by atoms with Gasteiger partial charge < -0.3 is 25.6 Å². The number of carbonyl (C=O) groups excluding carboxylic acids is 3. The first kappa shape index (κ1) is 44.1. The van der Waals surface area contributed by atoms with Crippen molar-refractivity contribution in [2.45, 2.75) is 99.1 Å². The van der Waals surface area contributed by atoms with Crippen LogP contribution in [0.15, 0.2) is 47.2 Å². The van der Waals surface area contributed by atoms with Crippen LogP contribution in [-0.2, 0) is 20.7 Å². The second-order valence-corrected chi connectivity index (χ2v) is 15.0. The summed E-state index contributed by atoms with van der Waals surface area (Å²) in [5, 5.41) is 13.8. The minimum atomic E-state index is -0.624. The molecule has 1 saturated heterocycles. The average molecular weight is 719 g/mol. The normalized spacial score (nSPS) is 18.5. The van der Waals surface area contributed by atoms with Gasteiger partial charge in [-0.3, -0.25) is 14.9 Å². The Hall–Kier alpha value is -2.96. The fourth-order valence-electron chi connectivity index (χ4n) is 5.65. The van der Waals surface area contributed by atoms with Gasteiger partial charge in [0.1, 0.15) is 11.4 Å². The highest BCUT2D eigenvalue weighted by molar-refractivity contribution is 8.02. The second kappa shape index (κ2) is 22.0. The summed E-state index contributed by atoms with van der Waals surface area (Å²) in [6.45, 7) is 20.1. The van der Waals surface area contributed by atoms with Crippen LogP contribution in [0.3, 0.4) is 0 Å². The zero-order valence-corrected chi connectivity index (χ0v) is 33.3. The first-order valence-corrected chi connectivity index (χ1v) is 19.1. The predicted octanol–water partition coefficient (Wildman–Crippen LogP) is 7.63. The molecule has 12 heteroatoms. The lowest BCUT2D eigenvalue weighted by Gasteiger charge is -2.26. The van der Waals surface area contributed by atoms with Crippen LogP contribution in [-0.4, -0.2) is 71.7 Å². The van der Waals surface area contributed by atoms with Crippen LogP contribution >= 0.6 is 24.4 Å². The van der Waals surface area contributed by atoms with Crippen LogP contribution < -0.4 is 21.3 Å². The fraction of sp³-hybridized carbons (Fsp3) is 0.622. The van der Waals surface area contributed by atoms with Gasteiger partial charge in [0.25, 0.3) is 0 Å². The minimum Gasteiger partial charge on any atom is -0.444 e. The predicted molar refractivity (Wildman–Crippen MR) is 210 cm³/mol. The van der Waals surface area contributed by atoms with Crippen LogP contribution in [0.25, 0.3) is 0 Å². The van der Waals surface area contributed by atoms with E-state index in [4.69, 9.17) is 4.74 Å². The number of ether oxygens (including phenoxy) is 1. The Balaban J connectivity index is 0.000000929. The molecule has 0 saturated carbocycles. The van der Waals surface area contributed by atoms with Gasteiger partial charge >= 0.3 is 6.09 Å². The van der Waals surface area contributed by atoms with E-state index in [1.165, 1.54) is 19.2 Å². The summed E-state index contributed by atoms with van der Waals surface area (Å²) in [5.74, 6) is 1.75. The van der Waals surface area contributed by atoms with Gasteiger partial charge in [-0.05, 0) is 121 Å². The van der Waals surface area contributed by atoms with Crippen molar-refractivity contribution in [1.29, 1.82) is 0 Å². The van der Waals surface area contributed by atoms with Crippen LogP contribution in [0.1, 0.15) is 87.1 Å². The molecule has 1 aromatic rings. The number of aromatic nitrogens is 1. The van der Waals surface area contributed by atoms with Crippen molar-refractivity contribution in [3.05, 3.63) is 52.7 Å². The molecule has 0 aliphatic carbocycles. The number of hydrogen-bond acceptors (Lipinski definition) is 9. The van der Waals surface area contributed by atoms with E-state index >= 15 is 0 Å². The van der Waals surface area contributed by atoms with Gasteiger partial charge in [0.15, 0.2) is 0 Å². The van der Waals surface area contributed by atoms with E-state index in [9.17, 15) is 14.4 Å². The van der Waals surface area contributed by atoms with Crippen molar-refractivity contribution in [1.82, 2.24) is 20.5 Å². The second-order valence-electron chi connectivity index (χ2n) is 14.2. The largest absolute Gasteiger partial charge is 0.444 e. The van der Waals surface area contributed by atoms with Gasteiger partial charge in [0.2, 0.25) is 12.3 Å². The van der Waals surface area contributed by atoms with Gasteiger partial charge in [-0.1, -0.05) is 32.9 Å². The molecule has 1 unspecified atom stereocenters. The molecule has 3 atom stereocenters. The SMILES string of the molecule is C/C=C\C(=C/C1=CSCN1)[C@@H](CCC(C)CNC=O)C(=O)Nc1cnc(NC(=O)OC(C)(C)C)c(CC)c1.CS.C[C@H]1CN(C)C(C)(C)C1. The van der Waals surface area contributed by atoms with Crippen molar-refractivity contribution in [3.63, 3.8) is 0 Å². The van der Waals surface area contributed by atoms with Crippen molar-refractivity contribution in [2.24, 2.45) is 17.8 Å². The number of hydrogen-bond donors (Lipinski definition) is 5. The van der Waals surface area contributed by atoms with E-state index in [0.29, 0.717) is 42.8 Å². The molecule has 4 N–H and O–H groups in total. The summed E-state index contributed by atoms with van der Waals surface area (Å²) in [5.41, 5.74) is 3.04. The molecule has 0 aromatic carbocycles. The monoisotopic (exact) mass is 718 g/mol. The van der Waals surface area contributed by atoms with E-state index in [0.717, 1.165) is 35.0 Å². The summed E-state index contributed by atoms with van der Waals surface area (Å²) in [7, 11) is 2.21. The molecule has 1 aromatic heterocycles. The van der Waals surface area contributed by atoms with Gasteiger partial charge in [-0.2, -0.15) is 12.6 Å². The van der Waals surface area contributed by atoms with Gasteiger partial charge in [0.05, 0.1) is 23.7 Å². The highest BCUT2D eigenvalue weighted by Gasteiger charge is 2.33. The molecular formula is C37H62N6O4S2. The Morgan fingerprint density at radius 1 is 1.24 bits per heavy atom. The first-order valence-electron chi connectivity index (χ1n) is 17.1. The van der Waals surface area contributed by atoms with Crippen LogP contribution in [0.2, 0.25) is 0 Å². The summed E-state index contributed by atoms with van der Waals surface area (Å²) in [4.78, 5) is 43.4. The number of thiol groups is 1. The van der Waals surface area contributed by atoms with Crippen molar-refractivity contribution < 1.29 is 19.1 Å². The number of carbonyl (C=O) groups is 3. The maximum absolute atomic E-state index is 13.6. The molecule has 3 rings (SSSR count). The maximum atomic E-state index is 13.6. The molecule has 10 nitrogen and oxygen atoms in total. The zero-order chi connectivity index (χ0) is 37.2. The number of aryl methyl sites for hydroxylation is 1. The summed E-state index contributed by atoms with van der Waals surface area (Å²) >= 11 is 5.20. The molecule has 276 valence electrons. The summed E-state index contributed by atoms with van der Waals surface area (Å²) < 4.78 is 5.33. The Morgan fingerprint density at radius 2 is 1.94 bits per heavy atom. The number of rotatable bonds is 13. The van der Waals surface area contributed by atoms with Crippen molar-refractivity contribution in [2.75, 3.05) is 42.9 Å². The van der Waals surface area contributed by atoms with Crippen LogP contribution in [0, 0.1) is 17.8 Å². The smallest absolute Gasteiger partial charge is 0.413 e. The zero-order valence-electron chi connectivity index (χ0n) is 31.6. The van der Waals surface area contributed by atoms with E-state index in [1.54, 1.807) is 38.8 Å². The Kier molecular flexibility index (Phi) is 19.8. The highest BCUT2D eigenvalue weighted by atomic mass is 32.2. The lowest BCUT2D eigenvalue weighted by molar-refractivity contribution is -0.119. The molecule has 2 aliphatic heterocycles. The number of likely N-dealkylation sites (tertiary alicyclic amines) is 1. The number of allylic oxidation sites excluding steroid dienone is 3. The quantitative estimate of drug-likeness (QED) is 0.0802. The van der Waals surface area contributed by atoms with E-state index in [1.807, 2.05) is 43.5 Å². The number of amides is 3. The molecule has 1 fully saturated rings. The third-order valence-electron chi connectivity index (χ3n) is 8.17. The van der Waals surface area contributed by atoms with Crippen LogP contribution in [0.4, 0.5) is 16.3 Å². The number of thioether (sulfide) groups is 1. The number of nitrogens with one attached hydrogen (secondary N) is 4. The molecule has 2 aliphatic rings. The molecule has 3 amide bonds. The highest BCUT2D eigenvalue weighted by Crippen LogP contribution is 2.30. The topological polar surface area (TPSA) is 125 Å². The lowest BCUT2D eigenvalue weighted by Crippen LogP contribution is -2.34. The maximum Gasteiger partial charge on any atom is 0.413 e. The summed E-state index contributed by atoms with van der Waals surface area (Å²) in [6, 6.07) is 1.82. The van der Waals surface area contributed by atoms with E-state index < -0.39 is 17.6 Å². The number of pyridine rings is 1. The first-order chi connectivity index (χ1) is 23.1. The molecular weight excluding hydrogens is 657 g/mol. The van der Waals surface area contributed by atoms with Gasteiger partial charge in [-0.15, -0.1) is 11.8 Å². The minimum absolute atomic E-state index is 0.146. The van der Waals surface area contributed by atoms with Crippen molar-refractivity contribution in [3.8, 4) is 0 Å². The number of anilines is 2.